The first-order valence-electron chi connectivity index (χ1n) is 9.05. The molecule has 0 fully saturated rings. The Balaban J connectivity index is 0.000000274. The summed E-state index contributed by atoms with van der Waals surface area (Å²) < 4.78 is 0. The van der Waals surface area contributed by atoms with Crippen molar-refractivity contribution in [2.24, 2.45) is 0 Å². The van der Waals surface area contributed by atoms with Crippen LogP contribution >= 0.6 is 12.6 Å². The largest absolute Gasteiger partial charge is 0.351 e. The lowest BCUT2D eigenvalue weighted by atomic mass is 9.85. The molecule has 1 N–H and O–H groups in total. The van der Waals surface area contributed by atoms with E-state index in [1.807, 2.05) is 6.92 Å². The molecular weight excluding hydrogens is 348 g/mol. The van der Waals surface area contributed by atoms with E-state index in [0.717, 1.165) is 5.75 Å². The van der Waals surface area contributed by atoms with E-state index >= 15 is 0 Å². The Labute approximate surface area is 167 Å². The number of H-pyrrole nitrogens is 1. The molecule has 4 rings (SSSR count). The van der Waals surface area contributed by atoms with Gasteiger partial charge in [-0.15, -0.1) is 0 Å². The van der Waals surface area contributed by atoms with Crippen molar-refractivity contribution in [1.29, 1.82) is 0 Å². The second-order valence-electron chi connectivity index (χ2n) is 5.74. The molecule has 2 nitrogen and oxygen atoms in total. The Kier molecular flexibility index (Phi) is 9.55. The molecule has 0 bridgehead atoms. The summed E-state index contributed by atoms with van der Waals surface area (Å²) in [6.07, 6.45) is 5.08. The van der Waals surface area contributed by atoms with Crippen LogP contribution in [0.25, 0.3) is 0 Å². The topological polar surface area (TPSA) is 28.7 Å². The van der Waals surface area contributed by atoms with Gasteiger partial charge in [0.15, 0.2) is 0 Å². The SMILES string of the molecule is CCS.c1c[nH]cn1.c1ccc(C(c2ccccc2)c2ccccc2)cc1. The van der Waals surface area contributed by atoms with Crippen LogP contribution in [0.5, 0.6) is 0 Å². The summed E-state index contributed by atoms with van der Waals surface area (Å²) in [7, 11) is 0. The van der Waals surface area contributed by atoms with Crippen LogP contribution in [0.4, 0.5) is 0 Å². The van der Waals surface area contributed by atoms with Crippen LogP contribution in [-0.4, -0.2) is 15.7 Å². The van der Waals surface area contributed by atoms with Crippen LogP contribution in [0.3, 0.4) is 0 Å². The van der Waals surface area contributed by atoms with Crippen LogP contribution < -0.4 is 0 Å². The Hall–Kier alpha value is -2.78. The molecule has 0 radical (unpaired) electrons. The third kappa shape index (κ3) is 7.16. The van der Waals surface area contributed by atoms with Gasteiger partial charge in [0.25, 0.3) is 0 Å². The molecule has 1 aromatic heterocycles. The quantitative estimate of drug-likeness (QED) is 0.324. The van der Waals surface area contributed by atoms with E-state index in [9.17, 15) is 0 Å². The second-order valence-corrected chi connectivity index (χ2v) is 6.37. The zero-order valence-corrected chi connectivity index (χ0v) is 16.5. The number of aromatic nitrogens is 2. The third-order valence-corrected chi connectivity index (χ3v) is 3.80. The van der Waals surface area contributed by atoms with E-state index < -0.39 is 0 Å². The van der Waals surface area contributed by atoms with Crippen molar-refractivity contribution in [3.63, 3.8) is 0 Å². The number of thiol groups is 1. The number of aromatic amines is 1. The summed E-state index contributed by atoms with van der Waals surface area (Å²) in [5.74, 6) is 1.25. The van der Waals surface area contributed by atoms with Gasteiger partial charge >= 0.3 is 0 Å². The van der Waals surface area contributed by atoms with Crippen molar-refractivity contribution in [2.45, 2.75) is 12.8 Å². The van der Waals surface area contributed by atoms with E-state index in [-0.39, 0.29) is 0 Å². The molecule has 0 aliphatic rings. The van der Waals surface area contributed by atoms with Crippen LogP contribution in [0, 0.1) is 0 Å². The van der Waals surface area contributed by atoms with Gasteiger partial charge in [-0.3, -0.25) is 0 Å². The highest BCUT2D eigenvalue weighted by Crippen LogP contribution is 2.31. The lowest BCUT2D eigenvalue weighted by molar-refractivity contribution is 0.977. The van der Waals surface area contributed by atoms with Gasteiger partial charge in [-0.05, 0) is 22.4 Å². The van der Waals surface area contributed by atoms with E-state index in [1.165, 1.54) is 16.7 Å². The molecule has 0 atom stereocenters. The van der Waals surface area contributed by atoms with Gasteiger partial charge in [0, 0.05) is 18.3 Å². The minimum Gasteiger partial charge on any atom is -0.351 e. The first kappa shape index (κ1) is 20.5. The molecule has 0 aliphatic carbocycles. The maximum atomic E-state index is 3.79. The summed E-state index contributed by atoms with van der Waals surface area (Å²) in [5.41, 5.74) is 4.00. The molecule has 3 aromatic carbocycles. The predicted molar refractivity (Wildman–Crippen MR) is 118 cm³/mol. The number of hydrogen-bond donors (Lipinski definition) is 2. The molecule has 138 valence electrons. The van der Waals surface area contributed by atoms with Crippen molar-refractivity contribution >= 4 is 12.6 Å². The van der Waals surface area contributed by atoms with E-state index in [2.05, 4.69) is 114 Å². The molecule has 0 amide bonds. The lowest BCUT2D eigenvalue weighted by Gasteiger charge is -2.18. The van der Waals surface area contributed by atoms with Gasteiger partial charge < -0.3 is 4.98 Å². The smallest absolute Gasteiger partial charge is 0.0919 e. The Morgan fingerprint density at radius 2 is 1.11 bits per heavy atom. The normalized spacial score (nSPS) is 9.59. The molecular formula is C24H26N2S. The van der Waals surface area contributed by atoms with Crippen molar-refractivity contribution in [1.82, 2.24) is 9.97 Å². The van der Waals surface area contributed by atoms with Crippen LogP contribution in [0.1, 0.15) is 29.5 Å². The molecule has 3 heteroatoms. The van der Waals surface area contributed by atoms with Crippen molar-refractivity contribution < 1.29 is 0 Å². The molecule has 0 spiro atoms. The van der Waals surface area contributed by atoms with Crippen molar-refractivity contribution in [3.8, 4) is 0 Å². The zero-order valence-electron chi connectivity index (χ0n) is 15.6. The Bertz CT molecular complexity index is 705. The summed E-state index contributed by atoms with van der Waals surface area (Å²) >= 11 is 3.79. The van der Waals surface area contributed by atoms with Crippen molar-refractivity contribution in [3.05, 3.63) is 126 Å². The van der Waals surface area contributed by atoms with E-state index in [4.69, 9.17) is 0 Å². The highest BCUT2D eigenvalue weighted by atomic mass is 32.1. The first-order valence-corrected chi connectivity index (χ1v) is 9.68. The average Bonchev–Trinajstić information content (AvgIpc) is 3.32. The van der Waals surface area contributed by atoms with Gasteiger partial charge in [-0.1, -0.05) is 97.9 Å². The number of benzene rings is 3. The van der Waals surface area contributed by atoms with Crippen molar-refractivity contribution in [2.75, 3.05) is 5.75 Å². The highest BCUT2D eigenvalue weighted by Gasteiger charge is 2.15. The molecule has 0 saturated carbocycles. The fourth-order valence-corrected chi connectivity index (χ4v) is 2.73. The van der Waals surface area contributed by atoms with Crippen LogP contribution in [-0.2, 0) is 0 Å². The lowest BCUT2D eigenvalue weighted by Crippen LogP contribution is -2.02. The van der Waals surface area contributed by atoms with Crippen LogP contribution in [0.2, 0.25) is 0 Å². The van der Waals surface area contributed by atoms with Gasteiger partial charge in [0.05, 0.1) is 6.33 Å². The number of nitrogens with zero attached hydrogens (tertiary/aromatic N) is 1. The number of nitrogens with one attached hydrogen (secondary N) is 1. The molecule has 0 unspecified atom stereocenters. The van der Waals surface area contributed by atoms with E-state index in [1.54, 1.807) is 18.7 Å². The summed E-state index contributed by atoms with van der Waals surface area (Å²) in [6, 6.07) is 32.0. The summed E-state index contributed by atoms with van der Waals surface area (Å²) in [6.45, 7) is 1.99. The Morgan fingerprint density at radius 3 is 1.33 bits per heavy atom. The second kappa shape index (κ2) is 12.6. The monoisotopic (exact) mass is 374 g/mol. The first-order chi connectivity index (χ1) is 13.4. The van der Waals surface area contributed by atoms with Gasteiger partial charge in [0.2, 0.25) is 0 Å². The molecule has 0 saturated heterocycles. The fraction of sp³-hybridized carbons (Fsp3) is 0.125. The molecule has 27 heavy (non-hydrogen) atoms. The summed E-state index contributed by atoms with van der Waals surface area (Å²) in [5, 5.41) is 0. The van der Waals surface area contributed by atoms with Crippen LogP contribution in [0.15, 0.2) is 110 Å². The standard InChI is InChI=1S/C19H16.C3H4N2.C2H6S/c1-4-10-16(11-5-1)19(17-12-6-2-7-13-17)18-14-8-3-9-15-18;1-2-5-3-4-1;1-2-3/h1-15,19H;1-3H,(H,4,5);3H,2H2,1H3. The van der Waals surface area contributed by atoms with E-state index in [0.29, 0.717) is 5.92 Å². The zero-order chi connectivity index (χ0) is 19.2. The molecule has 0 aliphatic heterocycles. The minimum absolute atomic E-state index is 0.309. The Morgan fingerprint density at radius 1 is 0.741 bits per heavy atom. The highest BCUT2D eigenvalue weighted by molar-refractivity contribution is 7.80. The number of hydrogen-bond acceptors (Lipinski definition) is 2. The minimum atomic E-state index is 0.309. The fourth-order valence-electron chi connectivity index (χ4n) is 2.73. The summed E-state index contributed by atoms with van der Waals surface area (Å²) in [4.78, 5) is 6.42. The molecule has 4 aromatic rings. The molecule has 1 heterocycles. The maximum Gasteiger partial charge on any atom is 0.0919 e. The third-order valence-electron chi connectivity index (χ3n) is 3.80. The average molecular weight is 375 g/mol. The van der Waals surface area contributed by atoms with Gasteiger partial charge in [-0.2, -0.15) is 12.6 Å². The number of rotatable bonds is 3. The predicted octanol–water partition coefficient (Wildman–Crippen LogP) is 6.21. The van der Waals surface area contributed by atoms with Gasteiger partial charge in [-0.25, -0.2) is 4.98 Å². The number of imidazole rings is 1. The maximum absolute atomic E-state index is 3.79. The van der Waals surface area contributed by atoms with Gasteiger partial charge in [0.1, 0.15) is 0 Å².